The Hall–Kier alpha value is -6.13. The van der Waals surface area contributed by atoms with E-state index in [-0.39, 0.29) is 61.7 Å². The number of amides is 11. The lowest BCUT2D eigenvalue weighted by Crippen LogP contribution is -2.62. The van der Waals surface area contributed by atoms with Gasteiger partial charge in [-0.2, -0.15) is 0 Å². The predicted molar refractivity (Wildman–Crippen MR) is 322 cm³/mol. The highest BCUT2D eigenvalue weighted by molar-refractivity contribution is 5.99. The summed E-state index contributed by atoms with van der Waals surface area (Å²) in [6.45, 7) is 27.9. The third kappa shape index (κ3) is 19.5. The number of nitrogens with one attached hydrogen (secondary N) is 4. The van der Waals surface area contributed by atoms with Crippen molar-refractivity contribution in [2.75, 3.05) is 55.9 Å². The van der Waals surface area contributed by atoms with Crippen LogP contribution in [0, 0.1) is 35.5 Å². The van der Waals surface area contributed by atoms with Crippen LogP contribution in [0.1, 0.15) is 149 Å². The molecule has 11 amide bonds. The van der Waals surface area contributed by atoms with Gasteiger partial charge in [-0.05, 0) is 102 Å². The predicted octanol–water partition coefficient (Wildman–Crippen LogP) is 3.04. The lowest BCUT2D eigenvalue weighted by Gasteiger charge is -2.39. The van der Waals surface area contributed by atoms with Crippen LogP contribution in [0.15, 0.2) is 12.2 Å². The van der Waals surface area contributed by atoms with Gasteiger partial charge in [-0.25, -0.2) is 0 Å². The first-order valence-corrected chi connectivity index (χ1v) is 30.2. The van der Waals surface area contributed by atoms with Crippen molar-refractivity contribution in [3.63, 3.8) is 0 Å². The molecule has 2 saturated heterocycles. The van der Waals surface area contributed by atoms with Crippen molar-refractivity contribution < 1.29 is 57.5 Å². The molecule has 4 N–H and O–H groups in total. The van der Waals surface area contributed by atoms with Gasteiger partial charge in [-0.15, -0.1) is 0 Å². The topological polar surface area (TPSA) is 268 Å². The van der Waals surface area contributed by atoms with Crippen LogP contribution in [0.2, 0.25) is 0 Å². The fraction of sp³-hybridized carbons (Fsp3) is 0.787. The molecule has 13 atom stereocenters. The van der Waals surface area contributed by atoms with E-state index in [2.05, 4.69) is 21.3 Å². The number of hydrogen-bond acceptors (Lipinski definition) is 12. The van der Waals surface area contributed by atoms with E-state index in [0.717, 1.165) is 4.90 Å². The van der Waals surface area contributed by atoms with Gasteiger partial charge in [0.25, 0.3) is 0 Å². The summed E-state index contributed by atoms with van der Waals surface area (Å²) in [5.74, 6) is -8.44. The second-order valence-corrected chi connectivity index (χ2v) is 25.7. The molecule has 0 radical (unpaired) electrons. The highest BCUT2D eigenvalue weighted by Crippen LogP contribution is 2.30. The SMILES string of the molecule is C/C=C/C[C@@H](C)[C@H]1OC(C)[C@H]2C(=O)N(C)[C@@H]1C(=O)N[C@@H](CC)C(=O)N(C)CC(=O)N(C)[C@@H](CC(C)C)C(=O)N[C@@H](C(C)C)C(=O)N(C)[C@@H](CC(C)C)C(=O)N[C@@H](C)C(=O)N[C@H](C)C(=O)N(C)[C@@H](CC(C)C)C(=O)N(C)[C@@H](CC(C)C)C(=O)N2C. The van der Waals surface area contributed by atoms with Gasteiger partial charge in [-0.3, -0.25) is 52.7 Å². The summed E-state index contributed by atoms with van der Waals surface area (Å²) in [5.41, 5.74) is 0. The molecule has 478 valence electrons. The maximum Gasteiger partial charge on any atom is 0.248 e. The standard InChI is InChI=1S/C61H107N11O12/c1-24-26-27-38(13)51-50-55(77)64-42(25-2)57(79)66(17)32-47(73)67(18)43(28-33(3)4)54(76)65-48(37(11)12)60(82)68(19)44(29-34(5)6)53(75)62-39(14)52(74)63-40(15)56(78)69(20)45(30-35(7)8)58(80)70(21)46(31-36(9)10)59(81)71(22)49(41(16)84-51)61(83)72(50)23/h24,26,33-46,48-51H,25,27-32H2,1-23H3,(H,62,75)(H,63,74)(H,64,77)(H,65,76)/b26-24+/t38-,39+,40-,41?,42+,43+,44+,45+,46+,48+,49+,50+,51-/m1/s1. The van der Waals surface area contributed by atoms with E-state index in [1.807, 2.05) is 81.4 Å². The van der Waals surface area contributed by atoms with E-state index >= 15 is 9.59 Å². The van der Waals surface area contributed by atoms with E-state index in [1.165, 1.54) is 92.6 Å². The minimum absolute atomic E-state index is 0.0783. The second-order valence-electron chi connectivity index (χ2n) is 25.7. The Morgan fingerprint density at radius 2 is 0.905 bits per heavy atom. The maximum absolute atomic E-state index is 15.1. The van der Waals surface area contributed by atoms with Gasteiger partial charge in [0.2, 0.25) is 65.0 Å². The van der Waals surface area contributed by atoms with Gasteiger partial charge in [0, 0.05) is 49.3 Å². The van der Waals surface area contributed by atoms with Gasteiger partial charge in [-0.1, -0.05) is 95.2 Å². The summed E-state index contributed by atoms with van der Waals surface area (Å²) in [6, 6.07) is -11.9. The van der Waals surface area contributed by atoms with Gasteiger partial charge >= 0.3 is 0 Å². The largest absolute Gasteiger partial charge is 0.370 e. The molecular weight excluding hydrogens is 1080 g/mol. The van der Waals surface area contributed by atoms with Crippen LogP contribution >= 0.6 is 0 Å². The van der Waals surface area contributed by atoms with Crippen LogP contribution in [0.5, 0.6) is 0 Å². The smallest absolute Gasteiger partial charge is 0.248 e. The molecule has 2 aliphatic rings. The highest BCUT2D eigenvalue weighted by Gasteiger charge is 2.50. The van der Waals surface area contributed by atoms with Crippen LogP contribution in [0.4, 0.5) is 0 Å². The third-order valence-corrected chi connectivity index (χ3v) is 16.2. The fourth-order valence-corrected chi connectivity index (χ4v) is 11.0. The summed E-state index contributed by atoms with van der Waals surface area (Å²) in [4.78, 5) is 169. The number of carbonyl (C=O) groups is 11. The summed E-state index contributed by atoms with van der Waals surface area (Å²) in [5, 5.41) is 11.1. The second kappa shape index (κ2) is 33.0. The number of fused-ring (bicyclic) bond motifs is 3. The van der Waals surface area contributed by atoms with Crippen molar-refractivity contribution in [2.24, 2.45) is 35.5 Å². The lowest BCUT2D eigenvalue weighted by molar-refractivity contribution is -0.155. The summed E-state index contributed by atoms with van der Waals surface area (Å²) >= 11 is 0. The minimum atomic E-state index is -1.32. The molecule has 0 aliphatic carbocycles. The molecule has 2 aliphatic heterocycles. The quantitative estimate of drug-likeness (QED) is 0.194. The normalized spacial score (nSPS) is 29.0. The Bertz CT molecular complexity index is 2340. The Morgan fingerprint density at radius 3 is 1.38 bits per heavy atom. The average Bonchev–Trinajstić information content (AvgIpc) is 2.90. The number of likely N-dealkylation sites (N-methyl/N-ethyl adjacent to an activating group) is 7. The number of carbonyl (C=O) groups excluding carboxylic acids is 11. The molecule has 0 aromatic heterocycles. The summed E-state index contributed by atoms with van der Waals surface area (Å²) in [7, 11) is 10.1. The summed E-state index contributed by atoms with van der Waals surface area (Å²) < 4.78 is 6.74. The van der Waals surface area contributed by atoms with E-state index in [9.17, 15) is 43.2 Å². The van der Waals surface area contributed by atoms with Crippen LogP contribution in [-0.4, -0.2) is 228 Å². The van der Waals surface area contributed by atoms with Crippen molar-refractivity contribution in [1.82, 2.24) is 55.6 Å². The molecule has 2 heterocycles. The molecule has 2 rings (SSSR count). The number of hydrogen-bond donors (Lipinski definition) is 4. The van der Waals surface area contributed by atoms with Crippen LogP contribution in [-0.2, 0) is 57.5 Å². The maximum atomic E-state index is 15.1. The van der Waals surface area contributed by atoms with Crippen LogP contribution < -0.4 is 21.3 Å². The van der Waals surface area contributed by atoms with Gasteiger partial charge in [0.05, 0.1) is 18.8 Å². The van der Waals surface area contributed by atoms with Crippen molar-refractivity contribution in [3.05, 3.63) is 12.2 Å². The van der Waals surface area contributed by atoms with E-state index in [4.69, 9.17) is 4.74 Å². The van der Waals surface area contributed by atoms with E-state index in [1.54, 1.807) is 27.7 Å². The molecular formula is C61H107N11O12. The fourth-order valence-electron chi connectivity index (χ4n) is 11.0. The van der Waals surface area contributed by atoms with E-state index < -0.39 is 150 Å². The highest BCUT2D eigenvalue weighted by atomic mass is 16.5. The molecule has 0 spiro atoms. The van der Waals surface area contributed by atoms with Crippen LogP contribution in [0.3, 0.4) is 0 Å². The molecule has 2 fully saturated rings. The molecule has 23 nitrogen and oxygen atoms in total. The molecule has 23 heteroatoms. The van der Waals surface area contributed by atoms with Crippen molar-refractivity contribution in [1.29, 1.82) is 0 Å². The Morgan fingerprint density at radius 1 is 0.476 bits per heavy atom. The Balaban J connectivity index is 2.95. The molecule has 0 aromatic carbocycles. The zero-order chi connectivity index (χ0) is 64.7. The number of allylic oxidation sites excluding steroid dienone is 2. The number of rotatable bonds is 13. The zero-order valence-electron chi connectivity index (χ0n) is 55.0. The lowest BCUT2D eigenvalue weighted by atomic mass is 9.92. The Kier molecular flexibility index (Phi) is 29.0. The molecule has 1 unspecified atom stereocenters. The number of ether oxygens (including phenoxy) is 1. The van der Waals surface area contributed by atoms with Crippen LogP contribution in [0.25, 0.3) is 0 Å². The first-order chi connectivity index (χ1) is 38.9. The van der Waals surface area contributed by atoms with Gasteiger partial charge in [0.15, 0.2) is 0 Å². The zero-order valence-corrected chi connectivity index (χ0v) is 55.0. The monoisotopic (exact) mass is 1190 g/mol. The number of nitrogens with zero attached hydrogens (tertiary/aromatic N) is 7. The first-order valence-electron chi connectivity index (χ1n) is 30.2. The summed E-state index contributed by atoms with van der Waals surface area (Å²) in [6.07, 6.45) is 2.98. The van der Waals surface area contributed by atoms with E-state index in [0.29, 0.717) is 6.42 Å². The Labute approximate surface area is 501 Å². The van der Waals surface area contributed by atoms with Crippen molar-refractivity contribution >= 4 is 65.0 Å². The minimum Gasteiger partial charge on any atom is -0.370 e. The first kappa shape index (κ1) is 74.0. The van der Waals surface area contributed by atoms with Crippen molar-refractivity contribution in [3.8, 4) is 0 Å². The average molecular weight is 1190 g/mol. The molecule has 0 aromatic rings. The van der Waals surface area contributed by atoms with Crippen molar-refractivity contribution in [2.45, 2.75) is 222 Å². The third-order valence-electron chi connectivity index (χ3n) is 16.2. The van der Waals surface area contributed by atoms with Gasteiger partial charge in [0.1, 0.15) is 60.4 Å². The molecule has 84 heavy (non-hydrogen) atoms. The molecule has 0 saturated carbocycles. The molecule has 2 bridgehead atoms. The van der Waals surface area contributed by atoms with Gasteiger partial charge < -0.3 is 60.3 Å².